The van der Waals surface area contributed by atoms with Crippen LogP contribution in [0, 0.1) is 5.82 Å². The van der Waals surface area contributed by atoms with E-state index in [2.05, 4.69) is 10.3 Å². The number of benzene rings is 1. The maximum Gasteiger partial charge on any atom is 0.246 e. The number of ether oxygens (including phenoxy) is 1. The molecule has 2 aliphatic rings. The monoisotopic (exact) mass is 366 g/mol. The van der Waals surface area contributed by atoms with Crippen molar-refractivity contribution >= 4 is 10.0 Å². The van der Waals surface area contributed by atoms with Crippen molar-refractivity contribution in [3.8, 4) is 5.75 Å². The summed E-state index contributed by atoms with van der Waals surface area (Å²) in [5, 5.41) is 8.34. The van der Waals surface area contributed by atoms with Gasteiger partial charge < -0.3 is 4.74 Å². The Kier molecular flexibility index (Phi) is 3.99. The standard InChI is InChI=1S/C16H19FN4O3S/c1-24-15-5-4-12(17)8-16(15)25(22,23)20-7-6-13(9-20)21-10-14(18-19-21)11-2-3-11/h4-5,8,10-11,13H,2-3,6-7,9H2,1H3. The third-order valence-corrected chi connectivity index (χ3v) is 6.65. The van der Waals surface area contributed by atoms with Gasteiger partial charge in [0.05, 0.1) is 18.8 Å². The lowest BCUT2D eigenvalue weighted by Crippen LogP contribution is -2.29. The van der Waals surface area contributed by atoms with Crippen LogP contribution in [0.2, 0.25) is 0 Å². The van der Waals surface area contributed by atoms with Crippen molar-refractivity contribution in [3.05, 3.63) is 35.9 Å². The number of aromatic nitrogens is 3. The molecule has 1 aliphatic carbocycles. The molecule has 0 radical (unpaired) electrons. The van der Waals surface area contributed by atoms with Crippen molar-refractivity contribution in [2.45, 2.75) is 36.1 Å². The Morgan fingerprint density at radius 3 is 2.80 bits per heavy atom. The molecule has 0 bridgehead atoms. The molecule has 0 amide bonds. The largest absolute Gasteiger partial charge is 0.495 e. The van der Waals surface area contributed by atoms with Gasteiger partial charge in [0.15, 0.2) is 0 Å². The molecule has 134 valence electrons. The topological polar surface area (TPSA) is 77.3 Å². The minimum Gasteiger partial charge on any atom is -0.495 e. The molecule has 7 nitrogen and oxygen atoms in total. The van der Waals surface area contributed by atoms with Crippen LogP contribution < -0.4 is 4.74 Å². The van der Waals surface area contributed by atoms with Crippen LogP contribution in [0.1, 0.15) is 36.9 Å². The average Bonchev–Trinajstić information content (AvgIpc) is 3.12. The summed E-state index contributed by atoms with van der Waals surface area (Å²) in [4.78, 5) is -0.145. The lowest BCUT2D eigenvalue weighted by atomic mass is 10.2. The molecule has 2 fully saturated rings. The van der Waals surface area contributed by atoms with E-state index in [0.29, 0.717) is 18.9 Å². The lowest BCUT2D eigenvalue weighted by molar-refractivity contribution is 0.393. The Bertz CT molecular complexity index is 895. The first-order valence-corrected chi connectivity index (χ1v) is 9.68. The molecule has 1 aromatic carbocycles. The lowest BCUT2D eigenvalue weighted by Gasteiger charge is -2.18. The Hall–Kier alpha value is -2.00. The highest BCUT2D eigenvalue weighted by Gasteiger charge is 2.36. The molecule has 9 heteroatoms. The number of hydrogen-bond donors (Lipinski definition) is 0. The minimum absolute atomic E-state index is 0.0608. The van der Waals surface area contributed by atoms with Crippen LogP contribution in [0.3, 0.4) is 0 Å². The fourth-order valence-electron chi connectivity index (χ4n) is 3.17. The van der Waals surface area contributed by atoms with Gasteiger partial charge in [-0.15, -0.1) is 5.10 Å². The van der Waals surface area contributed by atoms with Crippen LogP contribution >= 0.6 is 0 Å². The molecular weight excluding hydrogens is 347 g/mol. The van der Waals surface area contributed by atoms with Crippen molar-refractivity contribution in [3.63, 3.8) is 0 Å². The number of sulfonamides is 1. The van der Waals surface area contributed by atoms with Crippen LogP contribution in [-0.4, -0.2) is 47.9 Å². The van der Waals surface area contributed by atoms with Gasteiger partial charge in [-0.2, -0.15) is 4.31 Å². The second-order valence-electron chi connectivity index (χ2n) is 6.50. The van der Waals surface area contributed by atoms with Gasteiger partial charge in [0.2, 0.25) is 10.0 Å². The number of methoxy groups -OCH3 is 1. The van der Waals surface area contributed by atoms with E-state index in [4.69, 9.17) is 4.74 Å². The number of halogens is 1. The summed E-state index contributed by atoms with van der Waals surface area (Å²) >= 11 is 0. The summed E-state index contributed by atoms with van der Waals surface area (Å²) < 4.78 is 47.6. The molecule has 2 aromatic rings. The predicted molar refractivity (Wildman–Crippen MR) is 87.4 cm³/mol. The first kappa shape index (κ1) is 16.5. The smallest absolute Gasteiger partial charge is 0.246 e. The molecule has 2 heterocycles. The summed E-state index contributed by atoms with van der Waals surface area (Å²) in [5.74, 6) is 0.0358. The van der Waals surface area contributed by atoms with Crippen LogP contribution in [0.15, 0.2) is 29.3 Å². The van der Waals surface area contributed by atoms with Crippen molar-refractivity contribution in [2.24, 2.45) is 0 Å². The molecule has 4 rings (SSSR count). The highest BCUT2D eigenvalue weighted by Crippen LogP contribution is 2.39. The molecule has 1 aliphatic heterocycles. The van der Waals surface area contributed by atoms with Crippen molar-refractivity contribution < 1.29 is 17.5 Å². The normalized spacial score (nSPS) is 21.6. The molecule has 1 saturated carbocycles. The maximum absolute atomic E-state index is 13.6. The Balaban J connectivity index is 1.56. The zero-order chi connectivity index (χ0) is 17.6. The van der Waals surface area contributed by atoms with Gasteiger partial charge in [0.25, 0.3) is 0 Å². The number of nitrogens with zero attached hydrogens (tertiary/aromatic N) is 4. The first-order valence-electron chi connectivity index (χ1n) is 8.24. The number of rotatable bonds is 5. The molecule has 1 aromatic heterocycles. The third-order valence-electron chi connectivity index (χ3n) is 4.77. The van der Waals surface area contributed by atoms with Crippen LogP contribution in [0.5, 0.6) is 5.75 Å². The summed E-state index contributed by atoms with van der Waals surface area (Å²) in [6, 6.07) is 3.45. The SMILES string of the molecule is COc1ccc(F)cc1S(=O)(=O)N1CCC(n2cc(C3CC3)nn2)C1. The molecule has 0 N–H and O–H groups in total. The van der Waals surface area contributed by atoms with Gasteiger partial charge in [-0.05, 0) is 37.5 Å². The second-order valence-corrected chi connectivity index (χ2v) is 8.40. The third kappa shape index (κ3) is 3.02. The summed E-state index contributed by atoms with van der Waals surface area (Å²) in [7, 11) is -2.47. The Morgan fingerprint density at radius 2 is 2.08 bits per heavy atom. The van der Waals surface area contributed by atoms with E-state index in [1.165, 1.54) is 23.5 Å². The molecular formula is C16H19FN4O3S. The van der Waals surface area contributed by atoms with Crippen molar-refractivity contribution in [1.82, 2.24) is 19.3 Å². The van der Waals surface area contributed by atoms with Gasteiger partial charge in [-0.1, -0.05) is 5.21 Å². The zero-order valence-electron chi connectivity index (χ0n) is 13.8. The van der Waals surface area contributed by atoms with Crippen LogP contribution in [0.4, 0.5) is 4.39 Å². The van der Waals surface area contributed by atoms with E-state index in [0.717, 1.165) is 24.6 Å². The highest BCUT2D eigenvalue weighted by molar-refractivity contribution is 7.89. The maximum atomic E-state index is 13.6. The molecule has 1 unspecified atom stereocenters. The van der Waals surface area contributed by atoms with Crippen LogP contribution in [-0.2, 0) is 10.0 Å². The Morgan fingerprint density at radius 1 is 1.28 bits per heavy atom. The number of hydrogen-bond acceptors (Lipinski definition) is 5. The molecule has 1 atom stereocenters. The Labute approximate surface area is 145 Å². The van der Waals surface area contributed by atoms with Crippen LogP contribution in [0.25, 0.3) is 0 Å². The molecule has 25 heavy (non-hydrogen) atoms. The van der Waals surface area contributed by atoms with E-state index < -0.39 is 15.8 Å². The van der Waals surface area contributed by atoms with E-state index in [1.54, 1.807) is 4.68 Å². The predicted octanol–water partition coefficient (Wildman–Crippen LogP) is 1.94. The summed E-state index contributed by atoms with van der Waals surface area (Å²) in [6.45, 7) is 0.640. The highest BCUT2D eigenvalue weighted by atomic mass is 32.2. The fourth-order valence-corrected chi connectivity index (χ4v) is 4.83. The van der Waals surface area contributed by atoms with E-state index >= 15 is 0 Å². The first-order chi connectivity index (χ1) is 12.0. The second kappa shape index (κ2) is 6.06. The summed E-state index contributed by atoms with van der Waals surface area (Å²) in [6.07, 6.45) is 4.85. The molecule has 1 saturated heterocycles. The van der Waals surface area contributed by atoms with Crippen molar-refractivity contribution in [2.75, 3.05) is 20.2 Å². The van der Waals surface area contributed by atoms with Gasteiger partial charge >= 0.3 is 0 Å². The van der Waals surface area contributed by atoms with E-state index in [1.807, 2.05) is 6.20 Å². The van der Waals surface area contributed by atoms with Gasteiger partial charge in [0, 0.05) is 25.2 Å². The summed E-state index contributed by atoms with van der Waals surface area (Å²) in [5.41, 5.74) is 0.980. The van der Waals surface area contributed by atoms with Gasteiger partial charge in [0.1, 0.15) is 16.5 Å². The van der Waals surface area contributed by atoms with Gasteiger partial charge in [-0.25, -0.2) is 17.5 Å². The average molecular weight is 366 g/mol. The minimum atomic E-state index is -3.84. The van der Waals surface area contributed by atoms with E-state index in [-0.39, 0.29) is 23.2 Å². The quantitative estimate of drug-likeness (QED) is 0.808. The fraction of sp³-hybridized carbons (Fsp3) is 0.500. The van der Waals surface area contributed by atoms with Gasteiger partial charge in [-0.3, -0.25) is 0 Å². The zero-order valence-corrected chi connectivity index (χ0v) is 14.6. The molecule has 0 spiro atoms. The van der Waals surface area contributed by atoms with E-state index in [9.17, 15) is 12.8 Å². The van der Waals surface area contributed by atoms with Crippen molar-refractivity contribution in [1.29, 1.82) is 0 Å².